The van der Waals surface area contributed by atoms with Crippen molar-refractivity contribution in [2.75, 3.05) is 20.2 Å². The maximum atomic E-state index is 11.4. The molecule has 0 aromatic rings. The number of rotatable bonds is 6. The first kappa shape index (κ1) is 16.1. The van der Waals surface area contributed by atoms with Crippen LogP contribution in [0.2, 0.25) is 0 Å². The number of nitrogens with zero attached hydrogens (tertiary/aromatic N) is 1. The van der Waals surface area contributed by atoms with Crippen molar-refractivity contribution in [2.45, 2.75) is 20.0 Å². The smallest absolute Gasteiger partial charge is 0.328 e. The van der Waals surface area contributed by atoms with Gasteiger partial charge in [0.05, 0.1) is 12.7 Å². The molecule has 3 amide bonds. The number of carbonyl (C=O) groups is 3. The number of hydrogen-bond donors (Lipinski definition) is 2. The van der Waals surface area contributed by atoms with E-state index in [4.69, 9.17) is 9.84 Å². The number of ether oxygens (including phenoxy) is 1. The molecule has 0 aliphatic carbocycles. The molecule has 7 heteroatoms. The quantitative estimate of drug-likeness (QED) is 0.664. The van der Waals surface area contributed by atoms with Gasteiger partial charge in [-0.05, 0) is 13.8 Å². The van der Waals surface area contributed by atoms with Crippen molar-refractivity contribution in [2.24, 2.45) is 0 Å². The number of carboxylic acids is 1. The lowest BCUT2D eigenvalue weighted by molar-refractivity contribution is -0.131. The van der Waals surface area contributed by atoms with Gasteiger partial charge in [-0.15, -0.1) is 0 Å². The lowest BCUT2D eigenvalue weighted by Gasteiger charge is -2.17. The summed E-state index contributed by atoms with van der Waals surface area (Å²) in [6.45, 7) is 4.45. The number of aliphatic carboxylic acids is 1. The number of amides is 3. The summed E-state index contributed by atoms with van der Waals surface area (Å²) < 4.78 is 5.25. The Bertz CT molecular complexity index is 338. The lowest BCUT2D eigenvalue weighted by Crippen LogP contribution is -2.41. The minimum atomic E-state index is -1.25. The van der Waals surface area contributed by atoms with Crippen molar-refractivity contribution in [3.05, 3.63) is 12.2 Å². The van der Waals surface area contributed by atoms with Crippen LogP contribution < -0.4 is 5.32 Å². The SMILES string of the molecule is CC(C)OCCN(C)C(=O)NC(=O)/C=C/C(=O)O. The molecule has 18 heavy (non-hydrogen) atoms. The summed E-state index contributed by atoms with van der Waals surface area (Å²) in [4.78, 5) is 34.0. The Morgan fingerprint density at radius 3 is 2.44 bits per heavy atom. The van der Waals surface area contributed by atoms with Gasteiger partial charge in [-0.1, -0.05) is 0 Å². The average molecular weight is 258 g/mol. The first-order valence-electron chi connectivity index (χ1n) is 5.41. The second-order valence-electron chi connectivity index (χ2n) is 3.81. The second-order valence-corrected chi connectivity index (χ2v) is 3.81. The van der Waals surface area contributed by atoms with Crippen molar-refractivity contribution in [3.63, 3.8) is 0 Å². The van der Waals surface area contributed by atoms with Gasteiger partial charge in [0.25, 0.3) is 5.91 Å². The molecule has 0 aliphatic rings. The van der Waals surface area contributed by atoms with E-state index in [9.17, 15) is 14.4 Å². The molecule has 7 nitrogen and oxygen atoms in total. The van der Waals surface area contributed by atoms with Crippen LogP contribution in [0.4, 0.5) is 4.79 Å². The van der Waals surface area contributed by atoms with Crippen molar-refractivity contribution >= 4 is 17.9 Å². The second kappa shape index (κ2) is 8.24. The van der Waals surface area contributed by atoms with E-state index in [0.717, 1.165) is 6.08 Å². The summed E-state index contributed by atoms with van der Waals surface area (Å²) in [5.41, 5.74) is 0. The van der Waals surface area contributed by atoms with Crippen molar-refractivity contribution in [1.29, 1.82) is 0 Å². The van der Waals surface area contributed by atoms with E-state index in [1.807, 2.05) is 19.2 Å². The van der Waals surface area contributed by atoms with Gasteiger partial charge in [-0.3, -0.25) is 10.1 Å². The maximum Gasteiger partial charge on any atom is 0.328 e. The highest BCUT2D eigenvalue weighted by atomic mass is 16.5. The number of urea groups is 1. The zero-order valence-electron chi connectivity index (χ0n) is 10.7. The molecular formula is C11H18N2O5. The van der Waals surface area contributed by atoms with E-state index in [0.29, 0.717) is 19.2 Å². The zero-order valence-corrected chi connectivity index (χ0v) is 10.7. The first-order chi connectivity index (χ1) is 8.32. The molecule has 0 atom stereocenters. The Morgan fingerprint density at radius 1 is 1.33 bits per heavy atom. The fourth-order valence-corrected chi connectivity index (χ4v) is 0.916. The van der Waals surface area contributed by atoms with Crippen LogP contribution in [-0.4, -0.2) is 54.2 Å². The summed E-state index contributed by atoms with van der Waals surface area (Å²) >= 11 is 0. The van der Waals surface area contributed by atoms with E-state index in [1.165, 1.54) is 11.9 Å². The number of imide groups is 1. The van der Waals surface area contributed by atoms with Gasteiger partial charge in [0.1, 0.15) is 0 Å². The van der Waals surface area contributed by atoms with Crippen LogP contribution >= 0.6 is 0 Å². The fourth-order valence-electron chi connectivity index (χ4n) is 0.916. The molecule has 2 N–H and O–H groups in total. The number of nitrogens with one attached hydrogen (secondary N) is 1. The minimum Gasteiger partial charge on any atom is -0.478 e. The Morgan fingerprint density at radius 2 is 1.94 bits per heavy atom. The number of carbonyl (C=O) groups excluding carboxylic acids is 2. The fraction of sp³-hybridized carbons (Fsp3) is 0.545. The third-order valence-electron chi connectivity index (χ3n) is 1.83. The van der Waals surface area contributed by atoms with E-state index >= 15 is 0 Å². The van der Waals surface area contributed by atoms with Crippen LogP contribution in [0.1, 0.15) is 13.8 Å². The Labute approximate surface area is 105 Å². The van der Waals surface area contributed by atoms with Crippen molar-refractivity contribution < 1.29 is 24.2 Å². The number of hydrogen-bond acceptors (Lipinski definition) is 4. The molecule has 0 fully saturated rings. The molecule has 0 saturated carbocycles. The lowest BCUT2D eigenvalue weighted by atomic mass is 10.4. The van der Waals surface area contributed by atoms with Crippen molar-refractivity contribution in [1.82, 2.24) is 10.2 Å². The van der Waals surface area contributed by atoms with Crippen LogP contribution in [0.15, 0.2) is 12.2 Å². The topological polar surface area (TPSA) is 95.9 Å². The van der Waals surface area contributed by atoms with Crippen molar-refractivity contribution in [3.8, 4) is 0 Å². The van der Waals surface area contributed by atoms with Gasteiger partial charge < -0.3 is 14.7 Å². The summed E-state index contributed by atoms with van der Waals surface area (Å²) in [6.07, 6.45) is 1.50. The highest BCUT2D eigenvalue weighted by molar-refractivity contribution is 6.02. The van der Waals surface area contributed by atoms with E-state index in [-0.39, 0.29) is 6.10 Å². The molecule has 0 aromatic heterocycles. The zero-order chi connectivity index (χ0) is 14.1. The molecule has 0 aliphatic heterocycles. The van der Waals surface area contributed by atoms with Gasteiger partial charge >= 0.3 is 12.0 Å². The number of likely N-dealkylation sites (N-methyl/N-ethyl adjacent to an activating group) is 1. The number of carboxylic acid groups (broad SMARTS) is 1. The molecule has 0 aromatic carbocycles. The maximum absolute atomic E-state index is 11.4. The molecule has 0 rings (SSSR count). The van der Waals surface area contributed by atoms with Crippen LogP contribution in [0.3, 0.4) is 0 Å². The van der Waals surface area contributed by atoms with Gasteiger partial charge in [0.2, 0.25) is 0 Å². The van der Waals surface area contributed by atoms with Crippen LogP contribution in [0, 0.1) is 0 Å². The summed E-state index contributed by atoms with van der Waals surface area (Å²) in [7, 11) is 1.51. The predicted octanol–water partition coefficient (Wildman–Crippen LogP) is 0.220. The molecule has 0 heterocycles. The highest BCUT2D eigenvalue weighted by Gasteiger charge is 2.10. The summed E-state index contributed by atoms with van der Waals surface area (Å²) in [6, 6.07) is -0.609. The van der Waals surface area contributed by atoms with Gasteiger partial charge in [-0.25, -0.2) is 9.59 Å². The molecular weight excluding hydrogens is 240 g/mol. The van der Waals surface area contributed by atoms with Crippen LogP contribution in [0.5, 0.6) is 0 Å². The van der Waals surface area contributed by atoms with Gasteiger partial charge in [0.15, 0.2) is 0 Å². The molecule has 102 valence electrons. The predicted molar refractivity (Wildman–Crippen MR) is 64.0 cm³/mol. The molecule has 0 spiro atoms. The molecule has 0 saturated heterocycles. The largest absolute Gasteiger partial charge is 0.478 e. The van der Waals surface area contributed by atoms with Gasteiger partial charge in [-0.2, -0.15) is 0 Å². The summed E-state index contributed by atoms with van der Waals surface area (Å²) in [5, 5.41) is 10.3. The highest BCUT2D eigenvalue weighted by Crippen LogP contribution is 1.90. The monoisotopic (exact) mass is 258 g/mol. The Hall–Kier alpha value is -1.89. The summed E-state index contributed by atoms with van der Waals surface area (Å²) in [5.74, 6) is -2.03. The third kappa shape index (κ3) is 8.28. The third-order valence-corrected chi connectivity index (χ3v) is 1.83. The van der Waals surface area contributed by atoms with Gasteiger partial charge in [0, 0.05) is 25.7 Å². The van der Waals surface area contributed by atoms with Crippen LogP contribution in [0.25, 0.3) is 0 Å². The van der Waals surface area contributed by atoms with Crippen LogP contribution in [-0.2, 0) is 14.3 Å². The normalized spacial score (nSPS) is 10.7. The standard InChI is InChI=1S/C11H18N2O5/c1-8(2)18-7-6-13(3)11(17)12-9(14)4-5-10(15)16/h4-5,8H,6-7H2,1-3H3,(H,15,16)(H,12,14,17)/b5-4+. The average Bonchev–Trinajstić information content (AvgIpc) is 2.25. The van der Waals surface area contributed by atoms with E-state index in [1.54, 1.807) is 0 Å². The molecule has 0 bridgehead atoms. The first-order valence-corrected chi connectivity index (χ1v) is 5.41. The van der Waals surface area contributed by atoms with E-state index in [2.05, 4.69) is 0 Å². The van der Waals surface area contributed by atoms with E-state index < -0.39 is 17.9 Å². The Balaban J connectivity index is 4.00. The minimum absolute atomic E-state index is 0.0709. The molecule has 0 radical (unpaired) electrons. The molecule has 0 unspecified atom stereocenters. The Kier molecular flexibility index (Phi) is 7.37.